The number of hydrogen-bond acceptors (Lipinski definition) is 9. The van der Waals surface area contributed by atoms with Gasteiger partial charge in [-0.15, -0.1) is 0 Å². The fourth-order valence-electron chi connectivity index (χ4n) is 4.70. The average molecular weight is 490 g/mol. The van der Waals surface area contributed by atoms with Gasteiger partial charge >= 0.3 is 5.69 Å². The molecule has 13 heteroatoms. The van der Waals surface area contributed by atoms with E-state index in [-0.39, 0.29) is 46.0 Å². The molecule has 1 saturated heterocycles. The maximum Gasteiger partial charge on any atom is 0.368 e. The first-order valence-electron chi connectivity index (χ1n) is 11.1. The van der Waals surface area contributed by atoms with Crippen molar-refractivity contribution in [3.8, 4) is 11.4 Å². The largest absolute Gasteiger partial charge is 0.494 e. The summed E-state index contributed by atoms with van der Waals surface area (Å²) in [5.41, 5.74) is -0.733. The molecule has 3 N–H and O–H groups in total. The van der Waals surface area contributed by atoms with Crippen LogP contribution in [0.3, 0.4) is 0 Å². The second kappa shape index (κ2) is 8.87. The highest BCUT2D eigenvalue weighted by molar-refractivity contribution is 5.63. The van der Waals surface area contributed by atoms with E-state index >= 15 is 0 Å². The van der Waals surface area contributed by atoms with E-state index in [0.717, 1.165) is 34.5 Å². The van der Waals surface area contributed by atoms with Crippen molar-refractivity contribution >= 4 is 17.5 Å². The normalized spacial score (nSPS) is 17.3. The number of methoxy groups -OCH3 is 1. The van der Waals surface area contributed by atoms with Gasteiger partial charge in [-0.1, -0.05) is 0 Å². The molecule has 0 unspecified atom stereocenters. The number of piperidine rings is 1. The summed E-state index contributed by atoms with van der Waals surface area (Å²) in [7, 11) is 2.78. The third-order valence-electron chi connectivity index (χ3n) is 5.74. The minimum Gasteiger partial charge on any atom is -0.494 e. The summed E-state index contributed by atoms with van der Waals surface area (Å²) >= 11 is 0. The van der Waals surface area contributed by atoms with Crippen LogP contribution in [-0.2, 0) is 7.05 Å². The Kier molecular flexibility index (Phi) is 6.21. The summed E-state index contributed by atoms with van der Waals surface area (Å²) < 4.78 is 36.6. The number of nitrogens with one attached hydrogen (secondary N) is 3. The first kappa shape index (κ1) is 24.5. The molecule has 11 nitrogen and oxygen atoms in total. The number of halogens is 2. The van der Waals surface area contributed by atoms with Crippen molar-refractivity contribution < 1.29 is 13.5 Å². The molecule has 1 aromatic carbocycles. The molecule has 35 heavy (non-hydrogen) atoms. The molecule has 1 aliphatic heterocycles. The van der Waals surface area contributed by atoms with Crippen molar-refractivity contribution in [3.05, 3.63) is 40.4 Å². The van der Waals surface area contributed by atoms with E-state index in [4.69, 9.17) is 4.74 Å². The lowest BCUT2D eigenvalue weighted by Gasteiger charge is -2.46. The topological polar surface area (TPSA) is 124 Å². The van der Waals surface area contributed by atoms with Crippen molar-refractivity contribution in [2.45, 2.75) is 57.7 Å². The molecule has 2 aromatic heterocycles. The van der Waals surface area contributed by atoms with E-state index in [0.29, 0.717) is 0 Å². The maximum atomic E-state index is 14.8. The molecule has 1 aliphatic rings. The zero-order chi connectivity index (χ0) is 25.5. The molecule has 4 rings (SSSR count). The number of anilines is 3. The maximum absolute atomic E-state index is 14.8. The van der Waals surface area contributed by atoms with E-state index in [1.807, 2.05) is 0 Å². The van der Waals surface area contributed by atoms with E-state index in [2.05, 4.69) is 64.0 Å². The van der Waals surface area contributed by atoms with Crippen LogP contribution in [0.25, 0.3) is 5.69 Å². The van der Waals surface area contributed by atoms with Crippen LogP contribution in [0.2, 0.25) is 0 Å². The van der Waals surface area contributed by atoms with Crippen LogP contribution in [0.4, 0.5) is 26.2 Å². The van der Waals surface area contributed by atoms with Gasteiger partial charge in [-0.2, -0.15) is 14.3 Å². The van der Waals surface area contributed by atoms with E-state index in [9.17, 15) is 13.6 Å². The lowest BCUT2D eigenvalue weighted by Crippen LogP contribution is -2.60. The lowest BCUT2D eigenvalue weighted by molar-refractivity contribution is 0.170. The zero-order valence-electron chi connectivity index (χ0n) is 20.5. The Hall–Kier alpha value is -3.61. The number of hydrogen-bond donors (Lipinski definition) is 3. The van der Waals surface area contributed by atoms with Gasteiger partial charge in [-0.25, -0.2) is 18.6 Å². The van der Waals surface area contributed by atoms with Crippen molar-refractivity contribution in [2.75, 3.05) is 17.7 Å². The first-order chi connectivity index (χ1) is 16.4. The third-order valence-corrected chi connectivity index (χ3v) is 5.74. The number of ether oxygens (including phenoxy) is 1. The molecule has 3 heterocycles. The molecular formula is C22H29F2N9O2. The average Bonchev–Trinajstić information content (AvgIpc) is 3.07. The lowest BCUT2D eigenvalue weighted by atomic mass is 9.79. The van der Waals surface area contributed by atoms with Gasteiger partial charge in [0.15, 0.2) is 17.5 Å². The second-order valence-corrected chi connectivity index (χ2v) is 9.96. The Morgan fingerprint density at radius 2 is 1.80 bits per heavy atom. The van der Waals surface area contributed by atoms with Crippen LogP contribution in [0.5, 0.6) is 5.75 Å². The quantitative estimate of drug-likeness (QED) is 0.479. The molecule has 0 bridgehead atoms. The van der Waals surface area contributed by atoms with Crippen LogP contribution >= 0.6 is 0 Å². The Balaban J connectivity index is 1.63. The monoisotopic (exact) mass is 489 g/mol. The number of aromatic nitrogens is 6. The van der Waals surface area contributed by atoms with Crippen LogP contribution in [0.1, 0.15) is 40.5 Å². The molecule has 0 atom stereocenters. The molecular weight excluding hydrogens is 460 g/mol. The number of benzene rings is 1. The molecule has 188 valence electrons. The minimum atomic E-state index is -0.688. The van der Waals surface area contributed by atoms with Crippen molar-refractivity contribution in [2.24, 2.45) is 7.05 Å². The fraction of sp³-hybridized carbons (Fsp3) is 0.500. The standard InChI is InChI=1S/C22H29F2N9O2/c1-21(2)9-12(10-22(3,4)29-21)26-18-14(24)11-25-19(28-18)27-15-8-16(17(35-6)7-13(15)23)33-20(34)32(5)30-31-33/h7-8,11-12,29H,9-10H2,1-6H3,(H2,25,26,27,28). The highest BCUT2D eigenvalue weighted by Gasteiger charge is 2.38. The zero-order valence-corrected chi connectivity index (χ0v) is 20.5. The Labute approximate surface area is 200 Å². The van der Waals surface area contributed by atoms with Crippen LogP contribution in [0, 0.1) is 11.6 Å². The first-order valence-corrected chi connectivity index (χ1v) is 11.1. The van der Waals surface area contributed by atoms with Gasteiger partial charge in [0, 0.05) is 30.2 Å². The fourth-order valence-corrected chi connectivity index (χ4v) is 4.70. The summed E-state index contributed by atoms with van der Waals surface area (Å²) in [5, 5.41) is 17.0. The van der Waals surface area contributed by atoms with Gasteiger partial charge in [0.25, 0.3) is 0 Å². The molecule has 1 fully saturated rings. The highest BCUT2D eigenvalue weighted by Crippen LogP contribution is 2.32. The molecule has 0 saturated carbocycles. The van der Waals surface area contributed by atoms with Crippen molar-refractivity contribution in [3.63, 3.8) is 0 Å². The van der Waals surface area contributed by atoms with Crippen LogP contribution in [0.15, 0.2) is 23.1 Å². The smallest absolute Gasteiger partial charge is 0.368 e. The number of rotatable bonds is 6. The molecule has 3 aromatic rings. The van der Waals surface area contributed by atoms with Crippen LogP contribution < -0.4 is 26.4 Å². The summed E-state index contributed by atoms with van der Waals surface area (Å²) in [6.07, 6.45) is 2.53. The van der Waals surface area contributed by atoms with Crippen molar-refractivity contribution in [1.82, 2.24) is 35.1 Å². The van der Waals surface area contributed by atoms with E-state index in [1.165, 1.54) is 20.2 Å². The van der Waals surface area contributed by atoms with Gasteiger partial charge < -0.3 is 20.7 Å². The molecule has 0 amide bonds. The van der Waals surface area contributed by atoms with Gasteiger partial charge in [0.05, 0.1) is 19.0 Å². The van der Waals surface area contributed by atoms with Gasteiger partial charge in [0.1, 0.15) is 11.4 Å². The Morgan fingerprint density at radius 3 is 2.40 bits per heavy atom. The summed E-state index contributed by atoms with van der Waals surface area (Å²) in [6, 6.07) is 2.38. The third kappa shape index (κ3) is 5.24. The second-order valence-electron chi connectivity index (χ2n) is 9.96. The predicted molar refractivity (Wildman–Crippen MR) is 126 cm³/mol. The summed E-state index contributed by atoms with van der Waals surface area (Å²) in [5.74, 6) is -1.24. The molecule has 0 aliphatic carbocycles. The van der Waals surface area contributed by atoms with Crippen LogP contribution in [-0.4, -0.2) is 54.0 Å². The molecule has 0 spiro atoms. The highest BCUT2D eigenvalue weighted by atomic mass is 19.1. The molecule has 0 radical (unpaired) electrons. The summed E-state index contributed by atoms with van der Waals surface area (Å²) in [6.45, 7) is 8.38. The van der Waals surface area contributed by atoms with Gasteiger partial charge in [-0.3, -0.25) is 0 Å². The van der Waals surface area contributed by atoms with E-state index in [1.54, 1.807) is 0 Å². The van der Waals surface area contributed by atoms with Gasteiger partial charge in [0.2, 0.25) is 5.95 Å². The number of aryl methyl sites for hydroxylation is 1. The Morgan fingerprint density at radius 1 is 1.11 bits per heavy atom. The van der Waals surface area contributed by atoms with Gasteiger partial charge in [-0.05, 0) is 57.0 Å². The van der Waals surface area contributed by atoms with E-state index < -0.39 is 17.3 Å². The number of nitrogens with zero attached hydrogens (tertiary/aromatic N) is 6. The minimum absolute atomic E-state index is 0.0142. The SMILES string of the molecule is COc1cc(F)c(Nc2ncc(F)c(NC3CC(C)(C)NC(C)(C)C3)n2)cc1-n1nnn(C)c1=O. The Bertz CT molecular complexity index is 1290. The number of tetrazole rings is 1. The van der Waals surface area contributed by atoms with Crippen molar-refractivity contribution in [1.29, 1.82) is 0 Å². The predicted octanol–water partition coefficient (Wildman–Crippen LogP) is 2.51. The summed E-state index contributed by atoms with van der Waals surface area (Å²) in [4.78, 5) is 20.5.